The van der Waals surface area contributed by atoms with Gasteiger partial charge < -0.3 is 15.3 Å². The molecule has 0 radical (unpaired) electrons. The summed E-state index contributed by atoms with van der Waals surface area (Å²) in [5.74, 6) is -2.24. The number of anilines is 1. The van der Waals surface area contributed by atoms with Crippen molar-refractivity contribution in [2.24, 2.45) is 0 Å². The molecule has 1 aromatic carbocycles. The Morgan fingerprint density at radius 1 is 1.47 bits per heavy atom. The van der Waals surface area contributed by atoms with E-state index in [9.17, 15) is 14.0 Å². The highest BCUT2D eigenvalue weighted by Gasteiger charge is 2.20. The van der Waals surface area contributed by atoms with E-state index in [0.717, 1.165) is 6.07 Å². The highest BCUT2D eigenvalue weighted by molar-refractivity contribution is 6.39. The summed E-state index contributed by atoms with van der Waals surface area (Å²) in [5, 5.41) is 10.9. The van der Waals surface area contributed by atoms with Crippen molar-refractivity contribution in [3.63, 3.8) is 0 Å². The lowest BCUT2D eigenvalue weighted by Crippen LogP contribution is -2.41. The van der Waals surface area contributed by atoms with Crippen molar-refractivity contribution < 1.29 is 19.1 Å². The first-order valence-corrected chi connectivity index (χ1v) is 6.03. The van der Waals surface area contributed by atoms with Crippen LogP contribution in [0.1, 0.15) is 6.92 Å². The van der Waals surface area contributed by atoms with Gasteiger partial charge in [-0.2, -0.15) is 0 Å². The molecule has 0 saturated heterocycles. The van der Waals surface area contributed by atoms with Crippen LogP contribution in [-0.4, -0.2) is 41.5 Å². The molecule has 0 bridgehead atoms. The van der Waals surface area contributed by atoms with Crippen LogP contribution in [-0.2, 0) is 9.59 Å². The molecule has 5 nitrogen and oxygen atoms in total. The topological polar surface area (TPSA) is 69.6 Å². The Hall–Kier alpha value is -1.66. The lowest BCUT2D eigenvalue weighted by atomic mass is 10.3. The van der Waals surface area contributed by atoms with Gasteiger partial charge in [0.25, 0.3) is 0 Å². The van der Waals surface area contributed by atoms with Crippen LogP contribution in [0.2, 0.25) is 5.02 Å². The van der Waals surface area contributed by atoms with Crippen molar-refractivity contribution in [2.75, 3.05) is 25.0 Å². The third-order valence-corrected chi connectivity index (χ3v) is 2.70. The van der Waals surface area contributed by atoms with E-state index in [-0.39, 0.29) is 23.9 Å². The molecule has 19 heavy (non-hydrogen) atoms. The second kappa shape index (κ2) is 7.06. The number of carbonyl (C=O) groups is 2. The zero-order valence-corrected chi connectivity index (χ0v) is 11.1. The van der Waals surface area contributed by atoms with Crippen molar-refractivity contribution in [2.45, 2.75) is 6.92 Å². The smallest absolute Gasteiger partial charge is 0.313 e. The monoisotopic (exact) mass is 288 g/mol. The number of amides is 2. The molecule has 0 unspecified atom stereocenters. The molecule has 0 heterocycles. The first-order chi connectivity index (χ1) is 8.99. The minimum Gasteiger partial charge on any atom is -0.395 e. The van der Waals surface area contributed by atoms with Crippen LogP contribution in [0.5, 0.6) is 0 Å². The highest BCUT2D eigenvalue weighted by Crippen LogP contribution is 2.19. The first-order valence-electron chi connectivity index (χ1n) is 5.65. The maximum atomic E-state index is 12.9. The second-order valence-corrected chi connectivity index (χ2v) is 4.10. The maximum absolute atomic E-state index is 12.9. The third kappa shape index (κ3) is 4.18. The number of rotatable bonds is 4. The van der Waals surface area contributed by atoms with Gasteiger partial charge in [-0.05, 0) is 25.1 Å². The molecule has 2 amide bonds. The number of likely N-dealkylation sites (N-methyl/N-ethyl adjacent to an activating group) is 1. The molecular formula is C12H14ClFN2O3. The quantitative estimate of drug-likeness (QED) is 0.820. The van der Waals surface area contributed by atoms with E-state index in [4.69, 9.17) is 16.7 Å². The number of carbonyl (C=O) groups excluding carboxylic acids is 2. The van der Waals surface area contributed by atoms with Crippen LogP contribution in [0.25, 0.3) is 0 Å². The normalized spacial score (nSPS) is 10.1. The van der Waals surface area contributed by atoms with Crippen LogP contribution < -0.4 is 5.32 Å². The zero-order valence-electron chi connectivity index (χ0n) is 10.3. The number of hydrogen-bond donors (Lipinski definition) is 2. The van der Waals surface area contributed by atoms with Crippen LogP contribution in [0, 0.1) is 5.82 Å². The summed E-state index contributed by atoms with van der Waals surface area (Å²) in [5.41, 5.74) is 0.227. The Kier molecular flexibility index (Phi) is 5.72. The predicted octanol–water partition coefficient (Wildman–Crippen LogP) is 1.26. The summed E-state index contributed by atoms with van der Waals surface area (Å²) >= 11 is 5.56. The van der Waals surface area contributed by atoms with Gasteiger partial charge in [-0.15, -0.1) is 0 Å². The summed E-state index contributed by atoms with van der Waals surface area (Å²) < 4.78 is 12.9. The molecule has 104 valence electrons. The van der Waals surface area contributed by atoms with Gasteiger partial charge in [0.2, 0.25) is 0 Å². The van der Waals surface area contributed by atoms with Crippen LogP contribution in [0.3, 0.4) is 0 Å². The molecule has 2 N–H and O–H groups in total. The Labute approximate surface area is 115 Å². The molecule has 1 rings (SSSR count). The average Bonchev–Trinajstić information content (AvgIpc) is 2.39. The number of nitrogens with one attached hydrogen (secondary N) is 1. The molecule has 0 saturated carbocycles. The SMILES string of the molecule is CCN(CCO)C(=O)C(=O)Nc1ccc(F)c(Cl)c1. The van der Waals surface area contributed by atoms with E-state index in [1.165, 1.54) is 17.0 Å². The molecule has 0 aliphatic rings. The summed E-state index contributed by atoms with van der Waals surface area (Å²) in [6.07, 6.45) is 0. The number of halogens is 2. The number of nitrogens with zero attached hydrogens (tertiary/aromatic N) is 1. The van der Waals surface area contributed by atoms with E-state index in [1.807, 2.05) is 0 Å². The molecule has 0 aliphatic carbocycles. The Morgan fingerprint density at radius 2 is 2.16 bits per heavy atom. The third-order valence-electron chi connectivity index (χ3n) is 2.41. The van der Waals surface area contributed by atoms with Crippen LogP contribution in [0.4, 0.5) is 10.1 Å². The van der Waals surface area contributed by atoms with Gasteiger partial charge >= 0.3 is 11.8 Å². The predicted molar refractivity (Wildman–Crippen MR) is 69.4 cm³/mol. The van der Waals surface area contributed by atoms with Crippen LogP contribution in [0.15, 0.2) is 18.2 Å². The number of aliphatic hydroxyl groups excluding tert-OH is 1. The fraction of sp³-hybridized carbons (Fsp3) is 0.333. The van der Waals surface area contributed by atoms with Gasteiger partial charge in [0.15, 0.2) is 0 Å². The lowest BCUT2D eigenvalue weighted by Gasteiger charge is -2.18. The molecule has 0 atom stereocenters. The van der Waals surface area contributed by atoms with Gasteiger partial charge in [-0.3, -0.25) is 9.59 Å². The molecule has 0 aliphatic heterocycles. The lowest BCUT2D eigenvalue weighted by molar-refractivity contribution is -0.143. The van der Waals surface area contributed by atoms with Gasteiger partial charge in [0.05, 0.1) is 11.6 Å². The molecular weight excluding hydrogens is 275 g/mol. The fourth-order valence-electron chi connectivity index (χ4n) is 1.43. The number of hydrogen-bond acceptors (Lipinski definition) is 3. The molecule has 0 spiro atoms. The van der Waals surface area contributed by atoms with E-state index < -0.39 is 17.6 Å². The molecule has 1 aromatic rings. The molecule has 0 fully saturated rings. The van der Waals surface area contributed by atoms with Crippen LogP contribution >= 0.6 is 11.6 Å². The largest absolute Gasteiger partial charge is 0.395 e. The molecule has 7 heteroatoms. The Balaban J connectivity index is 2.73. The van der Waals surface area contributed by atoms with E-state index in [1.54, 1.807) is 6.92 Å². The number of benzene rings is 1. The van der Waals surface area contributed by atoms with Gasteiger partial charge in [0, 0.05) is 18.8 Å². The van der Waals surface area contributed by atoms with Crippen molar-refractivity contribution in [1.82, 2.24) is 4.90 Å². The van der Waals surface area contributed by atoms with Crippen molar-refractivity contribution in [1.29, 1.82) is 0 Å². The van der Waals surface area contributed by atoms with Gasteiger partial charge in [0.1, 0.15) is 5.82 Å². The van der Waals surface area contributed by atoms with Crippen molar-refractivity contribution in [3.8, 4) is 0 Å². The average molecular weight is 289 g/mol. The van der Waals surface area contributed by atoms with E-state index in [2.05, 4.69) is 5.32 Å². The summed E-state index contributed by atoms with van der Waals surface area (Å²) in [4.78, 5) is 24.6. The summed E-state index contributed by atoms with van der Waals surface area (Å²) in [6, 6.07) is 3.60. The maximum Gasteiger partial charge on any atom is 0.313 e. The van der Waals surface area contributed by atoms with Gasteiger partial charge in [-0.1, -0.05) is 11.6 Å². The molecule has 0 aromatic heterocycles. The highest BCUT2D eigenvalue weighted by atomic mass is 35.5. The summed E-state index contributed by atoms with van der Waals surface area (Å²) in [7, 11) is 0. The minimum atomic E-state index is -0.863. The Morgan fingerprint density at radius 3 is 2.68 bits per heavy atom. The van der Waals surface area contributed by atoms with Gasteiger partial charge in [-0.25, -0.2) is 4.39 Å². The zero-order chi connectivity index (χ0) is 14.4. The fourth-order valence-corrected chi connectivity index (χ4v) is 1.61. The Bertz CT molecular complexity index is 482. The number of aliphatic hydroxyl groups is 1. The summed E-state index contributed by atoms with van der Waals surface area (Å²) in [6.45, 7) is 1.84. The van der Waals surface area contributed by atoms with Crippen molar-refractivity contribution >= 4 is 29.1 Å². The second-order valence-electron chi connectivity index (χ2n) is 3.69. The van der Waals surface area contributed by atoms with E-state index in [0.29, 0.717) is 6.54 Å². The first kappa shape index (κ1) is 15.4. The van der Waals surface area contributed by atoms with E-state index >= 15 is 0 Å². The minimum absolute atomic E-state index is 0.0763. The van der Waals surface area contributed by atoms with Crippen molar-refractivity contribution in [3.05, 3.63) is 29.0 Å². The standard InChI is InChI=1S/C12H14ClFN2O3/c1-2-16(5-6-17)12(19)11(18)15-8-3-4-10(14)9(13)7-8/h3-4,7,17H,2,5-6H2,1H3,(H,15,18).